The summed E-state index contributed by atoms with van der Waals surface area (Å²) in [5, 5.41) is 7.37. The first-order valence-corrected chi connectivity index (χ1v) is 10.3. The average Bonchev–Trinajstić information content (AvgIpc) is 3.29. The number of hydrogen-bond donors (Lipinski definition) is 1. The lowest BCUT2D eigenvalue weighted by Crippen LogP contribution is -2.40. The molecule has 1 aromatic heterocycles. The minimum absolute atomic E-state index is 0.122. The molecule has 4 rings (SSSR count). The van der Waals surface area contributed by atoms with Crippen LogP contribution in [0.15, 0.2) is 27.5 Å². The Morgan fingerprint density at radius 2 is 2.07 bits per heavy atom. The van der Waals surface area contributed by atoms with Crippen LogP contribution >= 0.6 is 11.6 Å². The van der Waals surface area contributed by atoms with Gasteiger partial charge in [0.15, 0.2) is 0 Å². The van der Waals surface area contributed by atoms with Crippen molar-refractivity contribution in [2.24, 2.45) is 17.8 Å². The number of halogens is 1. The normalized spacial score (nSPS) is 24.4. The van der Waals surface area contributed by atoms with Crippen LogP contribution in [0, 0.1) is 31.6 Å². The van der Waals surface area contributed by atoms with Gasteiger partial charge in [-0.1, -0.05) is 29.2 Å². The number of benzene rings is 1. The van der Waals surface area contributed by atoms with E-state index in [1.54, 1.807) is 32.0 Å². The molecule has 2 bridgehead atoms. The van der Waals surface area contributed by atoms with E-state index in [2.05, 4.69) is 17.4 Å². The molecule has 28 heavy (non-hydrogen) atoms. The molecule has 2 fully saturated rings. The molecular weight excluding hydrogens is 376 g/mol. The SMILES string of the molecule is Cc1noc(=O)c(C)c1-c1ccc(Cl)c(C(=O)N[C@@H](C)[C@H]2C[C@@H]3CC[C@@H]2C3)c1. The summed E-state index contributed by atoms with van der Waals surface area (Å²) in [6.45, 7) is 5.57. The first-order valence-electron chi connectivity index (χ1n) is 9.93. The van der Waals surface area contributed by atoms with Crippen molar-refractivity contribution in [3.63, 3.8) is 0 Å². The maximum absolute atomic E-state index is 13.0. The molecule has 2 aliphatic carbocycles. The van der Waals surface area contributed by atoms with Gasteiger partial charge < -0.3 is 9.84 Å². The zero-order valence-electron chi connectivity index (χ0n) is 16.4. The van der Waals surface area contributed by atoms with Crippen molar-refractivity contribution in [2.75, 3.05) is 0 Å². The lowest BCUT2D eigenvalue weighted by molar-refractivity contribution is 0.0915. The third kappa shape index (κ3) is 3.37. The summed E-state index contributed by atoms with van der Waals surface area (Å²) in [5.41, 5.74) is 2.42. The minimum Gasteiger partial charge on any atom is -0.349 e. The molecule has 1 heterocycles. The van der Waals surface area contributed by atoms with Crippen LogP contribution in [0.3, 0.4) is 0 Å². The summed E-state index contributed by atoms with van der Waals surface area (Å²) in [6.07, 6.45) is 5.15. The van der Waals surface area contributed by atoms with Crippen molar-refractivity contribution in [3.05, 3.63) is 50.5 Å². The smallest absolute Gasteiger partial charge is 0.349 e. The van der Waals surface area contributed by atoms with Crippen molar-refractivity contribution in [3.8, 4) is 11.1 Å². The predicted molar refractivity (Wildman–Crippen MR) is 109 cm³/mol. The van der Waals surface area contributed by atoms with Gasteiger partial charge in [0.2, 0.25) is 0 Å². The van der Waals surface area contributed by atoms with Crippen LogP contribution in [-0.4, -0.2) is 17.1 Å². The molecular formula is C22H25ClN2O3. The number of carbonyl (C=O) groups excluding carboxylic acids is 1. The molecule has 1 aromatic carbocycles. The second-order valence-electron chi connectivity index (χ2n) is 8.35. The summed E-state index contributed by atoms with van der Waals surface area (Å²) in [6, 6.07) is 5.36. The molecule has 6 heteroatoms. The van der Waals surface area contributed by atoms with E-state index in [1.807, 2.05) is 0 Å². The van der Waals surface area contributed by atoms with E-state index in [0.29, 0.717) is 33.3 Å². The number of aromatic nitrogens is 1. The lowest BCUT2D eigenvalue weighted by Gasteiger charge is -2.28. The summed E-state index contributed by atoms with van der Waals surface area (Å²) in [4.78, 5) is 24.8. The number of aryl methyl sites for hydroxylation is 1. The van der Waals surface area contributed by atoms with Crippen LogP contribution < -0.4 is 10.9 Å². The molecule has 4 atom stereocenters. The highest BCUT2D eigenvalue weighted by Gasteiger charge is 2.42. The molecule has 0 saturated heterocycles. The fraction of sp³-hybridized carbons (Fsp3) is 0.500. The van der Waals surface area contributed by atoms with E-state index in [9.17, 15) is 9.59 Å². The average molecular weight is 401 g/mol. The van der Waals surface area contributed by atoms with Gasteiger partial charge in [0.05, 0.1) is 16.3 Å². The maximum Gasteiger partial charge on any atom is 0.362 e. The summed E-state index contributed by atoms with van der Waals surface area (Å²) in [7, 11) is 0. The van der Waals surface area contributed by atoms with Crippen LogP contribution in [-0.2, 0) is 0 Å². The van der Waals surface area contributed by atoms with Crippen LogP contribution in [0.5, 0.6) is 0 Å². The Morgan fingerprint density at radius 1 is 1.29 bits per heavy atom. The van der Waals surface area contributed by atoms with Crippen LogP contribution in [0.2, 0.25) is 5.02 Å². The number of nitrogens with zero attached hydrogens (tertiary/aromatic N) is 1. The number of amides is 1. The monoisotopic (exact) mass is 400 g/mol. The molecule has 2 aromatic rings. The summed E-state index contributed by atoms with van der Waals surface area (Å²) >= 11 is 6.34. The van der Waals surface area contributed by atoms with Gasteiger partial charge in [0.25, 0.3) is 5.91 Å². The van der Waals surface area contributed by atoms with Crippen LogP contribution in [0.4, 0.5) is 0 Å². The zero-order chi connectivity index (χ0) is 20.0. The van der Waals surface area contributed by atoms with Gasteiger partial charge in [-0.2, -0.15) is 0 Å². The molecule has 0 spiro atoms. The second-order valence-corrected chi connectivity index (χ2v) is 8.76. The predicted octanol–water partition coefficient (Wildman–Crippen LogP) is 4.53. The molecule has 1 N–H and O–H groups in total. The third-order valence-corrected chi connectivity index (χ3v) is 6.93. The fourth-order valence-electron chi connectivity index (χ4n) is 5.18. The molecule has 1 amide bonds. The lowest BCUT2D eigenvalue weighted by atomic mass is 9.84. The molecule has 0 unspecified atom stereocenters. The van der Waals surface area contributed by atoms with E-state index in [0.717, 1.165) is 17.4 Å². The first kappa shape index (κ1) is 19.2. The Morgan fingerprint density at radius 3 is 2.75 bits per heavy atom. The minimum atomic E-state index is -0.480. The first-order chi connectivity index (χ1) is 13.3. The Balaban J connectivity index is 1.60. The van der Waals surface area contributed by atoms with Crippen molar-refractivity contribution >= 4 is 17.5 Å². The summed E-state index contributed by atoms with van der Waals surface area (Å²) < 4.78 is 4.78. The Bertz CT molecular complexity index is 984. The van der Waals surface area contributed by atoms with Gasteiger partial charge in [-0.05, 0) is 75.5 Å². The van der Waals surface area contributed by atoms with Gasteiger partial charge in [-0.25, -0.2) is 4.79 Å². The highest BCUT2D eigenvalue weighted by molar-refractivity contribution is 6.34. The Hall–Kier alpha value is -2.14. The third-order valence-electron chi connectivity index (χ3n) is 6.60. The van der Waals surface area contributed by atoms with Crippen LogP contribution in [0.1, 0.15) is 54.2 Å². The molecule has 148 valence electrons. The van der Waals surface area contributed by atoms with Crippen molar-refractivity contribution in [1.29, 1.82) is 0 Å². The van der Waals surface area contributed by atoms with E-state index >= 15 is 0 Å². The van der Waals surface area contributed by atoms with Gasteiger partial charge in [-0.15, -0.1) is 0 Å². The Kier molecular flexibility index (Phi) is 5.04. The maximum atomic E-state index is 13.0. The quantitative estimate of drug-likeness (QED) is 0.818. The van der Waals surface area contributed by atoms with E-state index in [-0.39, 0.29) is 11.9 Å². The highest BCUT2D eigenvalue weighted by Crippen LogP contribution is 2.49. The Labute approximate surface area is 169 Å². The van der Waals surface area contributed by atoms with E-state index < -0.39 is 5.63 Å². The molecule has 2 aliphatic rings. The standard InChI is InChI=1S/C22H25ClN2O3/c1-11-20(13(3)25-28-22(11)27)16-6-7-19(23)18(10-16)21(26)24-12(2)17-9-14-4-5-15(17)8-14/h6-7,10,12,14-15,17H,4-5,8-9H2,1-3H3,(H,24,26)/t12-,14+,15+,17+/m0/s1. The van der Waals surface area contributed by atoms with Crippen molar-refractivity contribution in [1.82, 2.24) is 10.5 Å². The largest absolute Gasteiger partial charge is 0.362 e. The number of carbonyl (C=O) groups is 1. The van der Waals surface area contributed by atoms with Crippen molar-refractivity contribution in [2.45, 2.75) is 52.5 Å². The van der Waals surface area contributed by atoms with E-state index in [4.69, 9.17) is 16.1 Å². The molecule has 0 radical (unpaired) electrons. The van der Waals surface area contributed by atoms with E-state index in [1.165, 1.54) is 25.7 Å². The molecule has 0 aliphatic heterocycles. The topological polar surface area (TPSA) is 72.2 Å². The number of rotatable bonds is 4. The molecule has 5 nitrogen and oxygen atoms in total. The van der Waals surface area contributed by atoms with Gasteiger partial charge >= 0.3 is 5.63 Å². The fourth-order valence-corrected chi connectivity index (χ4v) is 5.38. The second kappa shape index (κ2) is 7.36. The number of hydrogen-bond acceptors (Lipinski definition) is 4. The summed E-state index contributed by atoms with van der Waals surface area (Å²) in [5.74, 6) is 1.96. The zero-order valence-corrected chi connectivity index (χ0v) is 17.2. The molecule has 2 saturated carbocycles. The van der Waals surface area contributed by atoms with Crippen molar-refractivity contribution < 1.29 is 9.32 Å². The van der Waals surface area contributed by atoms with Gasteiger partial charge in [0.1, 0.15) is 0 Å². The number of fused-ring (bicyclic) bond motifs is 2. The van der Waals surface area contributed by atoms with Gasteiger partial charge in [-0.3, -0.25) is 4.79 Å². The number of nitrogens with one attached hydrogen (secondary N) is 1. The van der Waals surface area contributed by atoms with Gasteiger partial charge in [0, 0.05) is 17.2 Å². The highest BCUT2D eigenvalue weighted by atomic mass is 35.5. The van der Waals surface area contributed by atoms with Crippen LogP contribution in [0.25, 0.3) is 11.1 Å².